The highest BCUT2D eigenvalue weighted by molar-refractivity contribution is 9.10. The lowest BCUT2D eigenvalue weighted by molar-refractivity contribution is 0.111. The second-order valence-corrected chi connectivity index (χ2v) is 6.42. The third kappa shape index (κ3) is 2.87. The van der Waals surface area contributed by atoms with E-state index in [9.17, 15) is 5.11 Å². The van der Waals surface area contributed by atoms with Crippen molar-refractivity contribution in [1.29, 1.82) is 0 Å². The highest BCUT2D eigenvalue weighted by Gasteiger charge is 2.21. The van der Waals surface area contributed by atoms with Gasteiger partial charge in [0.25, 0.3) is 0 Å². The van der Waals surface area contributed by atoms with Crippen molar-refractivity contribution < 1.29 is 9.52 Å². The van der Waals surface area contributed by atoms with Crippen LogP contribution >= 0.6 is 15.9 Å². The number of hydrogen-bond donors (Lipinski definition) is 1. The van der Waals surface area contributed by atoms with Crippen molar-refractivity contribution in [3.8, 4) is 0 Å². The predicted octanol–water partition coefficient (Wildman–Crippen LogP) is 5.20. The Morgan fingerprint density at radius 1 is 1.26 bits per heavy atom. The Morgan fingerprint density at radius 2 is 2.05 bits per heavy atom. The van der Waals surface area contributed by atoms with Gasteiger partial charge in [0, 0.05) is 5.39 Å². The normalized spacial score (nSPS) is 18.8. The molecule has 1 unspecified atom stereocenters. The average molecular weight is 323 g/mol. The summed E-state index contributed by atoms with van der Waals surface area (Å²) in [6, 6.07) is 7.93. The molecule has 1 fully saturated rings. The number of fused-ring (bicyclic) bond motifs is 1. The minimum Gasteiger partial charge on any atom is -0.457 e. The molecule has 1 aromatic carbocycles. The van der Waals surface area contributed by atoms with Crippen LogP contribution in [0.15, 0.2) is 33.2 Å². The summed E-state index contributed by atoms with van der Waals surface area (Å²) in [5, 5.41) is 11.4. The van der Waals surface area contributed by atoms with Gasteiger partial charge in [-0.05, 0) is 40.4 Å². The molecule has 1 heterocycles. The Hall–Kier alpha value is -0.800. The summed E-state index contributed by atoms with van der Waals surface area (Å²) >= 11 is 3.48. The van der Waals surface area contributed by atoms with Crippen molar-refractivity contribution in [2.75, 3.05) is 0 Å². The van der Waals surface area contributed by atoms with Crippen molar-refractivity contribution in [2.24, 2.45) is 5.92 Å². The van der Waals surface area contributed by atoms with Gasteiger partial charge in [-0.15, -0.1) is 0 Å². The van der Waals surface area contributed by atoms with Gasteiger partial charge < -0.3 is 9.52 Å². The minimum atomic E-state index is -0.470. The Balaban J connectivity index is 1.77. The molecule has 19 heavy (non-hydrogen) atoms. The second kappa shape index (κ2) is 5.68. The van der Waals surface area contributed by atoms with Crippen molar-refractivity contribution in [1.82, 2.24) is 0 Å². The summed E-state index contributed by atoms with van der Waals surface area (Å²) in [5.74, 6) is 1.35. The summed E-state index contributed by atoms with van der Waals surface area (Å²) in [7, 11) is 0. The second-order valence-electron chi connectivity index (χ2n) is 5.56. The van der Waals surface area contributed by atoms with Crippen LogP contribution in [0.5, 0.6) is 0 Å². The van der Waals surface area contributed by atoms with Gasteiger partial charge in [-0.25, -0.2) is 0 Å². The smallest absolute Gasteiger partial charge is 0.148 e. The molecule has 0 bridgehead atoms. The van der Waals surface area contributed by atoms with E-state index in [1.807, 2.05) is 24.3 Å². The van der Waals surface area contributed by atoms with Gasteiger partial charge in [0.15, 0.2) is 0 Å². The maximum atomic E-state index is 10.4. The standard InChI is InChI=1S/C16H19BrO2/c17-13-8-4-7-12-10-15(19-16(12)13)14(18)9-11-5-2-1-3-6-11/h4,7-8,10-11,14,18H,1-3,5-6,9H2. The van der Waals surface area contributed by atoms with E-state index in [1.165, 1.54) is 32.1 Å². The molecule has 0 amide bonds. The first-order chi connectivity index (χ1) is 9.24. The zero-order chi connectivity index (χ0) is 13.2. The van der Waals surface area contributed by atoms with Gasteiger partial charge in [0.2, 0.25) is 0 Å². The van der Waals surface area contributed by atoms with Crippen LogP contribution < -0.4 is 0 Å². The molecule has 0 saturated heterocycles. The summed E-state index contributed by atoms with van der Waals surface area (Å²) in [4.78, 5) is 0. The van der Waals surface area contributed by atoms with Crippen molar-refractivity contribution >= 4 is 26.9 Å². The fourth-order valence-corrected chi connectivity index (χ4v) is 3.53. The van der Waals surface area contributed by atoms with E-state index in [0.29, 0.717) is 11.7 Å². The van der Waals surface area contributed by atoms with E-state index in [1.54, 1.807) is 0 Å². The van der Waals surface area contributed by atoms with Crippen molar-refractivity contribution in [3.05, 3.63) is 34.5 Å². The van der Waals surface area contributed by atoms with Crippen LogP contribution in [0.4, 0.5) is 0 Å². The van der Waals surface area contributed by atoms with Crippen LogP contribution in [-0.2, 0) is 0 Å². The Bertz CT molecular complexity index is 555. The first-order valence-electron chi connectivity index (χ1n) is 7.10. The molecule has 0 spiro atoms. The van der Waals surface area contributed by atoms with Crippen LogP contribution in [-0.4, -0.2) is 5.11 Å². The number of para-hydroxylation sites is 1. The largest absolute Gasteiger partial charge is 0.457 e. The van der Waals surface area contributed by atoms with Crippen LogP contribution in [0.2, 0.25) is 0 Å². The Kier molecular flexibility index (Phi) is 3.94. The number of halogens is 1. The van der Waals surface area contributed by atoms with Gasteiger partial charge in [-0.1, -0.05) is 44.2 Å². The van der Waals surface area contributed by atoms with Gasteiger partial charge in [0.05, 0.1) is 4.47 Å². The zero-order valence-corrected chi connectivity index (χ0v) is 12.5. The highest BCUT2D eigenvalue weighted by atomic mass is 79.9. The van der Waals surface area contributed by atoms with Gasteiger partial charge >= 0.3 is 0 Å². The number of furan rings is 1. The van der Waals surface area contributed by atoms with E-state index in [4.69, 9.17) is 4.42 Å². The third-order valence-electron chi connectivity index (χ3n) is 4.12. The molecule has 2 aromatic rings. The molecule has 3 rings (SSSR count). The molecule has 1 N–H and O–H groups in total. The van der Waals surface area contributed by atoms with Crippen LogP contribution in [0, 0.1) is 5.92 Å². The minimum absolute atomic E-state index is 0.470. The number of aliphatic hydroxyl groups excluding tert-OH is 1. The number of rotatable bonds is 3. The van der Waals surface area contributed by atoms with Gasteiger partial charge in [0.1, 0.15) is 17.4 Å². The van der Waals surface area contributed by atoms with E-state index >= 15 is 0 Å². The van der Waals surface area contributed by atoms with E-state index < -0.39 is 6.10 Å². The van der Waals surface area contributed by atoms with Gasteiger partial charge in [-0.2, -0.15) is 0 Å². The van der Waals surface area contributed by atoms with Crippen LogP contribution in [0.1, 0.15) is 50.4 Å². The summed E-state index contributed by atoms with van der Waals surface area (Å²) in [6.07, 6.45) is 6.83. The van der Waals surface area contributed by atoms with E-state index in [2.05, 4.69) is 15.9 Å². The maximum absolute atomic E-state index is 10.4. The lowest BCUT2D eigenvalue weighted by atomic mass is 9.85. The SMILES string of the molecule is OC(CC1CCCCC1)c1cc2cccc(Br)c2o1. The van der Waals surface area contributed by atoms with Crippen molar-refractivity contribution in [2.45, 2.75) is 44.6 Å². The summed E-state index contributed by atoms with van der Waals surface area (Å²) < 4.78 is 6.75. The molecule has 2 nitrogen and oxygen atoms in total. The number of aliphatic hydroxyl groups is 1. The fraction of sp³-hybridized carbons (Fsp3) is 0.500. The number of benzene rings is 1. The Morgan fingerprint density at radius 3 is 2.79 bits per heavy atom. The Labute approximate surface area is 121 Å². The summed E-state index contributed by atoms with van der Waals surface area (Å²) in [6.45, 7) is 0. The molecule has 0 radical (unpaired) electrons. The van der Waals surface area contributed by atoms with E-state index in [0.717, 1.165) is 21.9 Å². The van der Waals surface area contributed by atoms with Crippen LogP contribution in [0.3, 0.4) is 0 Å². The predicted molar refractivity (Wildman–Crippen MR) is 80.1 cm³/mol. The first kappa shape index (κ1) is 13.2. The molecular formula is C16H19BrO2. The quantitative estimate of drug-likeness (QED) is 0.842. The third-order valence-corrected chi connectivity index (χ3v) is 4.75. The maximum Gasteiger partial charge on any atom is 0.148 e. The fourth-order valence-electron chi connectivity index (χ4n) is 3.07. The monoisotopic (exact) mass is 322 g/mol. The molecule has 0 aliphatic heterocycles. The lowest BCUT2D eigenvalue weighted by Gasteiger charge is -2.23. The molecule has 102 valence electrons. The molecule has 1 saturated carbocycles. The molecular weight excluding hydrogens is 304 g/mol. The lowest BCUT2D eigenvalue weighted by Crippen LogP contribution is -2.10. The molecule has 1 aromatic heterocycles. The topological polar surface area (TPSA) is 33.4 Å². The zero-order valence-electron chi connectivity index (χ0n) is 10.9. The van der Waals surface area contributed by atoms with Gasteiger partial charge in [-0.3, -0.25) is 0 Å². The van der Waals surface area contributed by atoms with Crippen LogP contribution in [0.25, 0.3) is 11.0 Å². The average Bonchev–Trinajstić information content (AvgIpc) is 2.85. The first-order valence-corrected chi connectivity index (χ1v) is 7.89. The molecule has 1 aliphatic carbocycles. The van der Waals surface area contributed by atoms with Crippen molar-refractivity contribution in [3.63, 3.8) is 0 Å². The van der Waals surface area contributed by atoms with E-state index in [-0.39, 0.29) is 0 Å². The molecule has 1 atom stereocenters. The molecule has 3 heteroatoms. The highest BCUT2D eigenvalue weighted by Crippen LogP contribution is 2.35. The summed E-state index contributed by atoms with van der Waals surface area (Å²) in [5.41, 5.74) is 0.834. The number of hydrogen-bond acceptors (Lipinski definition) is 2. The molecule has 1 aliphatic rings.